The highest BCUT2D eigenvalue weighted by atomic mass is 16.6. The zero-order valence-electron chi connectivity index (χ0n) is 34.1. The van der Waals surface area contributed by atoms with Gasteiger partial charge in [0.25, 0.3) is 0 Å². The Kier molecular flexibility index (Phi) is 25.7. The lowest BCUT2D eigenvalue weighted by Crippen LogP contribution is -2.29. The number of hydrogen-bond donors (Lipinski definition) is 1. The molecule has 15 nitrogen and oxygen atoms in total. The van der Waals surface area contributed by atoms with E-state index in [1.165, 1.54) is 22.3 Å². The zero-order chi connectivity index (χ0) is 41.3. The maximum absolute atomic E-state index is 12.3. The lowest BCUT2D eigenvalue weighted by Gasteiger charge is -2.14. The maximum Gasteiger partial charge on any atom is 0.407 e. The number of nitrogens with one attached hydrogen (secondary N) is 1. The molecule has 0 aliphatic heterocycles. The molecule has 4 rings (SSSR count). The minimum Gasteiger partial charge on any atom is -0.491 e. The Balaban J connectivity index is 0.776. The first-order chi connectivity index (χ1) is 29.3. The van der Waals surface area contributed by atoms with E-state index in [4.69, 9.17) is 56.8 Å². The molecule has 0 bridgehead atoms. The number of hydrogen-bond acceptors (Lipinski definition) is 14. The van der Waals surface area contributed by atoms with Crippen molar-refractivity contribution in [2.75, 3.05) is 152 Å². The molecule has 0 spiro atoms. The van der Waals surface area contributed by atoms with Crippen molar-refractivity contribution < 1.29 is 66.4 Å². The van der Waals surface area contributed by atoms with Crippen LogP contribution in [0.1, 0.15) is 27.4 Å². The van der Waals surface area contributed by atoms with Gasteiger partial charge in [0.15, 0.2) is 0 Å². The van der Waals surface area contributed by atoms with E-state index >= 15 is 0 Å². The van der Waals surface area contributed by atoms with E-state index in [0.717, 1.165) is 6.29 Å². The predicted molar refractivity (Wildman–Crippen MR) is 219 cm³/mol. The topological polar surface area (TPSA) is 157 Å². The molecule has 0 unspecified atom stereocenters. The Bertz CT molecular complexity index is 1480. The lowest BCUT2D eigenvalue weighted by atomic mass is 9.98. The number of benzene rings is 3. The van der Waals surface area contributed by atoms with Crippen LogP contribution in [0.25, 0.3) is 11.1 Å². The summed E-state index contributed by atoms with van der Waals surface area (Å²) in [4.78, 5) is 22.9. The van der Waals surface area contributed by atoms with Gasteiger partial charge in [-0.15, -0.1) is 0 Å². The van der Waals surface area contributed by atoms with E-state index in [0.29, 0.717) is 157 Å². The summed E-state index contributed by atoms with van der Waals surface area (Å²) < 4.78 is 66.1. The van der Waals surface area contributed by atoms with Gasteiger partial charge in [0.05, 0.1) is 132 Å². The second-order valence-electron chi connectivity index (χ2n) is 12.9. The van der Waals surface area contributed by atoms with Gasteiger partial charge in [0.1, 0.15) is 25.2 Å². The van der Waals surface area contributed by atoms with Crippen molar-refractivity contribution in [3.8, 4) is 16.9 Å². The molecule has 15 heteroatoms. The van der Waals surface area contributed by atoms with Gasteiger partial charge in [0.2, 0.25) is 0 Å². The first-order valence-corrected chi connectivity index (χ1v) is 20.3. The van der Waals surface area contributed by atoms with E-state index in [9.17, 15) is 9.59 Å². The van der Waals surface area contributed by atoms with Crippen LogP contribution in [0.15, 0.2) is 72.8 Å². The molecule has 0 heterocycles. The molecule has 1 amide bonds. The number of ether oxygens (including phenoxy) is 12. The minimum absolute atomic E-state index is 0.0327. The molecule has 3 aromatic carbocycles. The van der Waals surface area contributed by atoms with Crippen molar-refractivity contribution in [1.82, 2.24) is 5.32 Å². The van der Waals surface area contributed by atoms with Crippen molar-refractivity contribution >= 4 is 12.4 Å². The molecule has 3 aromatic rings. The second-order valence-corrected chi connectivity index (χ2v) is 12.9. The second kappa shape index (κ2) is 31.9. The summed E-state index contributed by atoms with van der Waals surface area (Å²) in [5, 5.41) is 2.74. The average molecular weight is 828 g/mol. The Morgan fingerprint density at radius 3 is 1.20 bits per heavy atom. The highest BCUT2D eigenvalue weighted by Gasteiger charge is 2.29. The molecule has 0 atom stereocenters. The highest BCUT2D eigenvalue weighted by Crippen LogP contribution is 2.44. The molecule has 1 aliphatic carbocycles. The molecular formula is C44H61NO14. The van der Waals surface area contributed by atoms with Gasteiger partial charge in [0, 0.05) is 18.0 Å². The number of carbonyl (C=O) groups is 2. The van der Waals surface area contributed by atoms with Gasteiger partial charge < -0.3 is 62.2 Å². The third-order valence-corrected chi connectivity index (χ3v) is 8.72. The number of amides is 1. The third-order valence-electron chi connectivity index (χ3n) is 8.72. The first-order valence-electron chi connectivity index (χ1n) is 20.3. The summed E-state index contributed by atoms with van der Waals surface area (Å²) in [7, 11) is 0. The van der Waals surface area contributed by atoms with E-state index in [1.807, 2.05) is 24.3 Å². The summed E-state index contributed by atoms with van der Waals surface area (Å²) in [6, 6.07) is 23.4. The smallest absolute Gasteiger partial charge is 0.407 e. The summed E-state index contributed by atoms with van der Waals surface area (Å²) in [5.74, 6) is 0.732. The molecule has 1 aliphatic rings. The van der Waals surface area contributed by atoms with Crippen molar-refractivity contribution in [3.63, 3.8) is 0 Å². The molecule has 0 saturated heterocycles. The number of carbonyl (C=O) groups excluding carboxylic acids is 2. The lowest BCUT2D eigenvalue weighted by molar-refractivity contribution is -0.0266. The molecule has 59 heavy (non-hydrogen) atoms. The molecule has 0 saturated carbocycles. The summed E-state index contributed by atoms with van der Waals surface area (Å²) in [5.41, 5.74) is 5.37. The van der Waals surface area contributed by atoms with Gasteiger partial charge in [-0.05, 0) is 46.5 Å². The summed E-state index contributed by atoms with van der Waals surface area (Å²) in [6.45, 7) is 10.4. The van der Waals surface area contributed by atoms with Crippen LogP contribution < -0.4 is 10.1 Å². The Hall–Kier alpha value is -4.00. The van der Waals surface area contributed by atoms with Crippen molar-refractivity contribution in [3.05, 3.63) is 89.5 Å². The number of rotatable bonds is 37. The van der Waals surface area contributed by atoms with Crippen LogP contribution in [0.3, 0.4) is 0 Å². The zero-order valence-corrected chi connectivity index (χ0v) is 34.1. The van der Waals surface area contributed by atoms with Gasteiger partial charge in [-0.3, -0.25) is 4.79 Å². The van der Waals surface area contributed by atoms with Crippen LogP contribution in [-0.4, -0.2) is 164 Å². The van der Waals surface area contributed by atoms with Gasteiger partial charge in [-0.2, -0.15) is 0 Å². The van der Waals surface area contributed by atoms with Gasteiger partial charge in [-0.25, -0.2) is 4.79 Å². The fourth-order valence-electron chi connectivity index (χ4n) is 5.82. The summed E-state index contributed by atoms with van der Waals surface area (Å²) in [6.07, 6.45) is 0.340. The molecule has 0 aromatic heterocycles. The van der Waals surface area contributed by atoms with Crippen LogP contribution in [-0.2, 0) is 52.1 Å². The molecular weight excluding hydrogens is 766 g/mol. The molecule has 0 radical (unpaired) electrons. The van der Waals surface area contributed by atoms with Crippen LogP contribution in [0, 0.1) is 0 Å². The van der Waals surface area contributed by atoms with E-state index in [1.54, 1.807) is 24.3 Å². The van der Waals surface area contributed by atoms with Crippen molar-refractivity contribution in [2.45, 2.75) is 5.92 Å². The van der Waals surface area contributed by atoms with Crippen molar-refractivity contribution in [1.29, 1.82) is 0 Å². The van der Waals surface area contributed by atoms with E-state index in [2.05, 4.69) is 29.6 Å². The molecule has 326 valence electrons. The largest absolute Gasteiger partial charge is 0.491 e. The average Bonchev–Trinajstić information content (AvgIpc) is 3.59. The first kappa shape index (κ1) is 47.7. The Morgan fingerprint density at radius 1 is 0.458 bits per heavy atom. The van der Waals surface area contributed by atoms with Crippen LogP contribution >= 0.6 is 0 Å². The quantitative estimate of drug-likeness (QED) is 0.0637. The number of alkyl carbamates (subject to hydrolysis) is 1. The standard InChI is InChI=1S/C44H61NO14/c46-35-37-9-11-38(12-10-37)58-34-33-57-32-31-56-30-29-55-28-27-54-26-25-53-24-23-52-22-21-51-20-19-50-18-17-49-16-15-48-14-13-45-44(47)59-36-43-41-7-3-1-5-39(41)40-6-2-4-8-42(40)43/h1-12,35,43H,13-34,36H2,(H,45,47). The van der Waals surface area contributed by atoms with Gasteiger partial charge >= 0.3 is 6.09 Å². The predicted octanol–water partition coefficient (Wildman–Crippen LogP) is 4.58. The monoisotopic (exact) mass is 827 g/mol. The highest BCUT2D eigenvalue weighted by molar-refractivity contribution is 5.79. The fraction of sp³-hybridized carbons (Fsp3) is 0.545. The van der Waals surface area contributed by atoms with Crippen LogP contribution in [0.2, 0.25) is 0 Å². The Labute approximate surface area is 347 Å². The molecule has 0 fully saturated rings. The maximum atomic E-state index is 12.3. The number of aldehydes is 1. The normalized spacial score (nSPS) is 12.0. The van der Waals surface area contributed by atoms with Gasteiger partial charge in [-0.1, -0.05) is 48.5 Å². The summed E-state index contributed by atoms with van der Waals surface area (Å²) >= 11 is 0. The van der Waals surface area contributed by atoms with Crippen molar-refractivity contribution in [2.24, 2.45) is 0 Å². The number of fused-ring (bicyclic) bond motifs is 3. The minimum atomic E-state index is -0.456. The van der Waals surface area contributed by atoms with E-state index in [-0.39, 0.29) is 12.5 Å². The fourth-order valence-corrected chi connectivity index (χ4v) is 5.82. The SMILES string of the molecule is O=Cc1ccc(OCCOCCOCCOCCOCCOCCOCCOCCOCCOCCOCCNC(=O)OCC2c3ccccc3-c3ccccc32)cc1. The third kappa shape index (κ3) is 20.7. The Morgan fingerprint density at radius 2 is 0.814 bits per heavy atom. The van der Waals surface area contributed by atoms with Crippen LogP contribution in [0.4, 0.5) is 4.79 Å². The molecule has 1 N–H and O–H groups in total. The van der Waals surface area contributed by atoms with Crippen LogP contribution in [0.5, 0.6) is 5.75 Å². The van der Waals surface area contributed by atoms with E-state index < -0.39 is 6.09 Å².